The van der Waals surface area contributed by atoms with Crippen molar-refractivity contribution in [1.29, 1.82) is 0 Å². The summed E-state index contributed by atoms with van der Waals surface area (Å²) in [5.74, 6) is 0.999. The Morgan fingerprint density at radius 2 is 2.00 bits per heavy atom. The number of hydrogen-bond donors (Lipinski definition) is 3. The second-order valence-corrected chi connectivity index (χ2v) is 5.43. The highest BCUT2D eigenvalue weighted by atomic mass is 16.1. The van der Waals surface area contributed by atoms with Crippen LogP contribution in [-0.2, 0) is 12.0 Å². The Labute approximate surface area is 113 Å². The van der Waals surface area contributed by atoms with Crippen molar-refractivity contribution in [2.24, 2.45) is 0 Å². The lowest BCUT2D eigenvalue weighted by Crippen LogP contribution is -2.52. The summed E-state index contributed by atoms with van der Waals surface area (Å²) in [6, 6.07) is 0. The topological polar surface area (TPSA) is 87.0 Å². The molecule has 4 N–H and O–H groups in total. The third-order valence-electron chi connectivity index (χ3n) is 3.89. The number of H-pyrrole nitrogens is 1. The second kappa shape index (κ2) is 5.30. The van der Waals surface area contributed by atoms with Crippen LogP contribution >= 0.6 is 0 Å². The number of anilines is 1. The summed E-state index contributed by atoms with van der Waals surface area (Å²) in [7, 11) is 0. The maximum absolute atomic E-state index is 12.0. The normalized spacial score (nSPS) is 17.6. The van der Waals surface area contributed by atoms with Gasteiger partial charge >= 0.3 is 0 Å². The van der Waals surface area contributed by atoms with Crippen LogP contribution in [0.3, 0.4) is 0 Å². The average Bonchev–Trinajstić information content (AvgIpc) is 2.39. The van der Waals surface area contributed by atoms with Crippen LogP contribution in [0.1, 0.15) is 32.2 Å². The van der Waals surface area contributed by atoms with E-state index in [1.807, 2.05) is 6.92 Å². The van der Waals surface area contributed by atoms with Crippen LogP contribution in [0.15, 0.2) is 4.79 Å². The minimum absolute atomic E-state index is 0.117. The van der Waals surface area contributed by atoms with Crippen molar-refractivity contribution in [3.8, 4) is 0 Å². The summed E-state index contributed by atoms with van der Waals surface area (Å²) in [5, 5.41) is 3.32. The molecule has 0 aliphatic carbocycles. The maximum atomic E-state index is 12.0. The van der Waals surface area contributed by atoms with Gasteiger partial charge in [-0.1, -0.05) is 6.92 Å². The molecule has 1 fully saturated rings. The number of aromatic nitrogens is 2. The molecule has 1 aromatic rings. The molecule has 19 heavy (non-hydrogen) atoms. The van der Waals surface area contributed by atoms with E-state index in [-0.39, 0.29) is 11.1 Å². The monoisotopic (exact) mass is 265 g/mol. The van der Waals surface area contributed by atoms with E-state index in [1.165, 1.54) is 0 Å². The van der Waals surface area contributed by atoms with Crippen LogP contribution < -0.4 is 16.6 Å². The smallest absolute Gasteiger partial charge is 0.256 e. The van der Waals surface area contributed by atoms with E-state index < -0.39 is 0 Å². The molecule has 1 aromatic heterocycles. The molecule has 2 rings (SSSR count). The fourth-order valence-corrected chi connectivity index (χ4v) is 2.52. The van der Waals surface area contributed by atoms with Crippen molar-refractivity contribution >= 4 is 5.82 Å². The lowest BCUT2D eigenvalue weighted by Gasteiger charge is -2.40. The largest absolute Gasteiger partial charge is 0.383 e. The molecule has 1 aliphatic rings. The molecule has 0 saturated carbocycles. The van der Waals surface area contributed by atoms with Gasteiger partial charge in [0.2, 0.25) is 0 Å². The summed E-state index contributed by atoms with van der Waals surface area (Å²) in [4.78, 5) is 21.6. The van der Waals surface area contributed by atoms with Gasteiger partial charge in [-0.15, -0.1) is 0 Å². The fraction of sp³-hybridized carbons (Fsp3) is 0.692. The molecule has 0 spiro atoms. The number of nitrogens with zero attached hydrogens (tertiary/aromatic N) is 2. The molecular formula is C13H23N5O. The number of nitrogens with one attached hydrogen (secondary N) is 2. The number of hydrogen-bond acceptors (Lipinski definition) is 5. The molecule has 1 aliphatic heterocycles. The Hall–Kier alpha value is -1.40. The van der Waals surface area contributed by atoms with Gasteiger partial charge in [0.15, 0.2) is 0 Å². The maximum Gasteiger partial charge on any atom is 0.256 e. The third-order valence-corrected chi connectivity index (χ3v) is 3.89. The summed E-state index contributed by atoms with van der Waals surface area (Å²) in [6.45, 7) is 9.83. The van der Waals surface area contributed by atoms with E-state index in [0.717, 1.165) is 26.2 Å². The zero-order valence-corrected chi connectivity index (χ0v) is 11.9. The molecule has 2 heterocycles. The fourth-order valence-electron chi connectivity index (χ4n) is 2.52. The molecule has 0 unspecified atom stereocenters. The van der Waals surface area contributed by atoms with Crippen LogP contribution in [0, 0.1) is 0 Å². The number of piperazine rings is 1. The molecule has 106 valence electrons. The highest BCUT2D eigenvalue weighted by Crippen LogP contribution is 2.25. The SMILES string of the molecule is CCc1c(N)nc(C(C)(C)N2CCNCC2)[nH]c1=O. The van der Waals surface area contributed by atoms with Gasteiger partial charge in [-0.05, 0) is 20.3 Å². The molecule has 0 radical (unpaired) electrons. The molecule has 6 nitrogen and oxygen atoms in total. The van der Waals surface area contributed by atoms with Gasteiger partial charge < -0.3 is 16.0 Å². The Morgan fingerprint density at radius 3 is 2.53 bits per heavy atom. The van der Waals surface area contributed by atoms with Gasteiger partial charge in [0.05, 0.1) is 11.1 Å². The van der Waals surface area contributed by atoms with Gasteiger partial charge in [0.1, 0.15) is 11.6 Å². The van der Waals surface area contributed by atoms with E-state index in [2.05, 4.69) is 34.0 Å². The molecule has 0 amide bonds. The standard InChI is InChI=1S/C13H23N5O/c1-4-9-10(14)16-12(17-11(9)19)13(2,3)18-7-5-15-6-8-18/h15H,4-8H2,1-3H3,(H3,14,16,17,19). The van der Waals surface area contributed by atoms with Gasteiger partial charge in [0, 0.05) is 26.2 Å². The highest BCUT2D eigenvalue weighted by Gasteiger charge is 2.32. The average molecular weight is 265 g/mol. The predicted molar refractivity (Wildman–Crippen MR) is 76.1 cm³/mol. The number of aromatic amines is 1. The van der Waals surface area contributed by atoms with Gasteiger partial charge in [-0.3, -0.25) is 9.69 Å². The summed E-state index contributed by atoms with van der Waals surface area (Å²) < 4.78 is 0. The quantitative estimate of drug-likeness (QED) is 0.719. The Bertz CT molecular complexity index is 502. The van der Waals surface area contributed by atoms with Crippen molar-refractivity contribution in [2.45, 2.75) is 32.7 Å². The minimum atomic E-state index is -0.318. The van der Waals surface area contributed by atoms with Crippen LogP contribution in [-0.4, -0.2) is 41.0 Å². The zero-order valence-electron chi connectivity index (χ0n) is 11.9. The van der Waals surface area contributed by atoms with Gasteiger partial charge in [-0.2, -0.15) is 0 Å². The first-order valence-corrected chi connectivity index (χ1v) is 6.81. The Kier molecular flexibility index (Phi) is 3.91. The molecule has 0 aromatic carbocycles. The zero-order chi connectivity index (χ0) is 14.0. The Morgan fingerprint density at radius 1 is 1.37 bits per heavy atom. The number of nitrogen functional groups attached to an aromatic ring is 1. The second-order valence-electron chi connectivity index (χ2n) is 5.43. The minimum Gasteiger partial charge on any atom is -0.383 e. The van der Waals surface area contributed by atoms with E-state index in [4.69, 9.17) is 5.73 Å². The first-order valence-electron chi connectivity index (χ1n) is 6.81. The molecular weight excluding hydrogens is 242 g/mol. The molecule has 1 saturated heterocycles. The third kappa shape index (κ3) is 2.64. The van der Waals surface area contributed by atoms with Crippen molar-refractivity contribution in [3.63, 3.8) is 0 Å². The van der Waals surface area contributed by atoms with Crippen LogP contribution in [0.2, 0.25) is 0 Å². The number of rotatable bonds is 3. The van der Waals surface area contributed by atoms with E-state index in [9.17, 15) is 4.79 Å². The lowest BCUT2D eigenvalue weighted by atomic mass is 10.00. The van der Waals surface area contributed by atoms with Gasteiger partial charge in [-0.25, -0.2) is 4.98 Å². The van der Waals surface area contributed by atoms with E-state index in [1.54, 1.807) is 0 Å². The van der Waals surface area contributed by atoms with Crippen LogP contribution in [0.5, 0.6) is 0 Å². The summed E-state index contributed by atoms with van der Waals surface area (Å²) in [5.41, 5.74) is 6.03. The lowest BCUT2D eigenvalue weighted by molar-refractivity contribution is 0.0946. The van der Waals surface area contributed by atoms with E-state index in [0.29, 0.717) is 23.6 Å². The Balaban J connectivity index is 2.37. The van der Waals surface area contributed by atoms with E-state index >= 15 is 0 Å². The van der Waals surface area contributed by atoms with Crippen molar-refractivity contribution in [1.82, 2.24) is 20.2 Å². The van der Waals surface area contributed by atoms with Crippen LogP contribution in [0.25, 0.3) is 0 Å². The first kappa shape index (κ1) is 14.0. The molecule has 0 atom stereocenters. The predicted octanol–water partition coefficient (Wildman–Crippen LogP) is 0.0548. The molecule has 6 heteroatoms. The van der Waals surface area contributed by atoms with Gasteiger partial charge in [0.25, 0.3) is 5.56 Å². The van der Waals surface area contributed by atoms with Crippen LogP contribution in [0.4, 0.5) is 5.82 Å². The first-order chi connectivity index (χ1) is 8.96. The summed E-state index contributed by atoms with van der Waals surface area (Å²) >= 11 is 0. The van der Waals surface area contributed by atoms with Crippen molar-refractivity contribution < 1.29 is 0 Å². The highest BCUT2D eigenvalue weighted by molar-refractivity contribution is 5.38. The number of nitrogens with two attached hydrogens (primary N) is 1. The summed E-state index contributed by atoms with van der Waals surface area (Å²) in [6.07, 6.45) is 0.600. The van der Waals surface area contributed by atoms with Crippen molar-refractivity contribution in [3.05, 3.63) is 21.7 Å². The van der Waals surface area contributed by atoms with Crippen molar-refractivity contribution in [2.75, 3.05) is 31.9 Å². The molecule has 0 bridgehead atoms.